The highest BCUT2D eigenvalue weighted by Crippen LogP contribution is 2.16. The number of amides is 1. The number of ketones is 1. The first kappa shape index (κ1) is 15.9. The molecule has 0 aliphatic rings. The highest BCUT2D eigenvalue weighted by Gasteiger charge is 2.16. The van der Waals surface area contributed by atoms with Gasteiger partial charge in [0.05, 0.1) is 16.6 Å². The van der Waals surface area contributed by atoms with Gasteiger partial charge in [-0.3, -0.25) is 14.2 Å². The predicted octanol–water partition coefficient (Wildman–Crippen LogP) is 3.77. The minimum absolute atomic E-state index is 0.0275. The maximum atomic E-state index is 12.5. The molecule has 2 N–H and O–H groups in total. The number of nitrogens with zero attached hydrogens (tertiary/aromatic N) is 1. The standard InChI is InChI=1S/C18H15N3O2S/c1-12(22)14(17(23)19-13-7-3-2-4-8-13)11-21-16-10-6-5-9-15(16)20-18(21)24/h2-11H,1H3,(H,19,23)(H,20,24)/b14-11+. The third-order valence-electron chi connectivity index (χ3n) is 3.54. The number of nitrogens with one attached hydrogen (secondary N) is 2. The number of imidazole rings is 1. The Morgan fingerprint density at radius 3 is 2.46 bits per heavy atom. The lowest BCUT2D eigenvalue weighted by Crippen LogP contribution is -2.19. The van der Waals surface area contributed by atoms with E-state index in [0.717, 1.165) is 11.0 Å². The number of fused-ring (bicyclic) bond motifs is 1. The van der Waals surface area contributed by atoms with Gasteiger partial charge in [0, 0.05) is 11.9 Å². The molecule has 1 amide bonds. The largest absolute Gasteiger partial charge is 0.330 e. The Morgan fingerprint density at radius 1 is 1.08 bits per heavy atom. The molecule has 0 aliphatic heterocycles. The highest BCUT2D eigenvalue weighted by atomic mass is 32.1. The van der Waals surface area contributed by atoms with Gasteiger partial charge < -0.3 is 10.3 Å². The lowest BCUT2D eigenvalue weighted by atomic mass is 10.2. The lowest BCUT2D eigenvalue weighted by Gasteiger charge is -2.07. The summed E-state index contributed by atoms with van der Waals surface area (Å²) in [5.74, 6) is -0.809. The first-order chi connectivity index (χ1) is 11.6. The van der Waals surface area contributed by atoms with Gasteiger partial charge in [-0.2, -0.15) is 0 Å². The van der Waals surface area contributed by atoms with E-state index >= 15 is 0 Å². The average molecular weight is 337 g/mol. The van der Waals surface area contributed by atoms with Gasteiger partial charge in [-0.05, 0) is 43.4 Å². The van der Waals surface area contributed by atoms with Crippen molar-refractivity contribution in [2.45, 2.75) is 6.92 Å². The number of aromatic nitrogens is 2. The number of benzene rings is 2. The second-order valence-corrected chi connectivity index (χ2v) is 5.62. The van der Waals surface area contributed by atoms with E-state index in [1.165, 1.54) is 13.1 Å². The fraction of sp³-hybridized carbons (Fsp3) is 0.0556. The summed E-state index contributed by atoms with van der Waals surface area (Å²) in [4.78, 5) is 27.5. The fourth-order valence-electron chi connectivity index (χ4n) is 2.36. The molecule has 1 aromatic heterocycles. The van der Waals surface area contributed by atoms with Gasteiger partial charge in [0.1, 0.15) is 0 Å². The average Bonchev–Trinajstić information content (AvgIpc) is 2.88. The number of aromatic amines is 1. The molecular formula is C18H15N3O2S. The molecule has 0 radical (unpaired) electrons. The maximum absolute atomic E-state index is 12.5. The van der Waals surface area contributed by atoms with Crippen molar-refractivity contribution in [3.05, 3.63) is 64.9 Å². The van der Waals surface area contributed by atoms with Gasteiger partial charge in [0.25, 0.3) is 5.91 Å². The third-order valence-corrected chi connectivity index (χ3v) is 3.84. The summed E-state index contributed by atoms with van der Waals surface area (Å²) in [6.45, 7) is 1.36. The van der Waals surface area contributed by atoms with E-state index in [0.29, 0.717) is 10.5 Å². The summed E-state index contributed by atoms with van der Waals surface area (Å²) in [6, 6.07) is 16.5. The van der Waals surface area contributed by atoms with Crippen LogP contribution in [0.1, 0.15) is 6.92 Å². The van der Waals surface area contributed by atoms with Gasteiger partial charge in [-0.25, -0.2) is 0 Å². The Hall–Kier alpha value is -2.99. The van der Waals surface area contributed by atoms with Crippen LogP contribution in [0.2, 0.25) is 0 Å². The molecule has 0 unspecified atom stereocenters. The van der Waals surface area contributed by atoms with Crippen molar-refractivity contribution in [1.82, 2.24) is 9.55 Å². The molecule has 6 heteroatoms. The van der Waals surface area contributed by atoms with Crippen LogP contribution in [0.5, 0.6) is 0 Å². The number of hydrogen-bond donors (Lipinski definition) is 2. The van der Waals surface area contributed by atoms with Gasteiger partial charge in [-0.15, -0.1) is 0 Å². The summed E-state index contributed by atoms with van der Waals surface area (Å²) in [5.41, 5.74) is 2.29. The molecule has 5 nitrogen and oxygen atoms in total. The minimum atomic E-state index is -0.471. The van der Waals surface area contributed by atoms with Crippen molar-refractivity contribution >= 4 is 46.8 Å². The molecule has 3 aromatic rings. The third kappa shape index (κ3) is 3.18. The summed E-state index contributed by atoms with van der Waals surface area (Å²) >= 11 is 5.29. The van der Waals surface area contributed by atoms with Gasteiger partial charge in [-0.1, -0.05) is 30.3 Å². The van der Waals surface area contributed by atoms with Crippen molar-refractivity contribution in [2.75, 3.05) is 5.32 Å². The Labute approximate surface area is 143 Å². The van der Waals surface area contributed by atoms with E-state index in [1.54, 1.807) is 16.7 Å². The molecule has 0 atom stereocenters. The van der Waals surface area contributed by atoms with Crippen molar-refractivity contribution in [3.8, 4) is 0 Å². The fourth-order valence-corrected chi connectivity index (χ4v) is 2.62. The van der Waals surface area contributed by atoms with Crippen LogP contribution in [-0.2, 0) is 9.59 Å². The number of anilines is 1. The highest BCUT2D eigenvalue weighted by molar-refractivity contribution is 7.71. The second kappa shape index (κ2) is 6.64. The SMILES string of the molecule is CC(=O)/C(=C\n1c(=S)[nH]c2ccccc21)C(=O)Nc1ccccc1. The maximum Gasteiger partial charge on any atom is 0.260 e. The van der Waals surface area contributed by atoms with E-state index in [-0.39, 0.29) is 11.4 Å². The van der Waals surface area contributed by atoms with Crippen molar-refractivity contribution in [3.63, 3.8) is 0 Å². The van der Waals surface area contributed by atoms with Crippen molar-refractivity contribution in [1.29, 1.82) is 0 Å². The minimum Gasteiger partial charge on any atom is -0.330 e. The number of para-hydroxylation sites is 3. The molecule has 0 saturated heterocycles. The van der Waals surface area contributed by atoms with Crippen LogP contribution in [0, 0.1) is 4.77 Å². The molecule has 24 heavy (non-hydrogen) atoms. The number of carbonyl (C=O) groups excluding carboxylic acids is 2. The van der Waals surface area contributed by atoms with Crippen LogP contribution in [0.15, 0.2) is 60.2 Å². The summed E-state index contributed by atoms with van der Waals surface area (Å²) in [7, 11) is 0. The molecule has 0 fully saturated rings. The molecular weight excluding hydrogens is 322 g/mol. The Bertz CT molecular complexity index is 1000. The Kier molecular flexibility index (Phi) is 4.39. The topological polar surface area (TPSA) is 66.9 Å². The van der Waals surface area contributed by atoms with Gasteiger partial charge >= 0.3 is 0 Å². The summed E-state index contributed by atoms with van der Waals surface area (Å²) in [5, 5.41) is 2.72. The number of Topliss-reactive ketones (excluding diaryl/α,β-unsaturated/α-hetero) is 1. The predicted molar refractivity (Wildman–Crippen MR) is 97.1 cm³/mol. The molecule has 0 bridgehead atoms. The smallest absolute Gasteiger partial charge is 0.260 e. The molecule has 0 saturated carbocycles. The summed E-state index contributed by atoms with van der Waals surface area (Å²) in [6.07, 6.45) is 1.47. The normalized spacial score (nSPS) is 11.5. The lowest BCUT2D eigenvalue weighted by molar-refractivity contribution is -0.118. The number of H-pyrrole nitrogens is 1. The van der Waals surface area contributed by atoms with Crippen LogP contribution in [-0.4, -0.2) is 21.2 Å². The van der Waals surface area contributed by atoms with Crippen LogP contribution in [0.25, 0.3) is 17.2 Å². The number of hydrogen-bond acceptors (Lipinski definition) is 3. The quantitative estimate of drug-likeness (QED) is 0.330. The van der Waals surface area contributed by atoms with Crippen LogP contribution >= 0.6 is 12.2 Å². The van der Waals surface area contributed by atoms with E-state index in [9.17, 15) is 9.59 Å². The molecule has 0 aliphatic carbocycles. The van der Waals surface area contributed by atoms with E-state index in [1.807, 2.05) is 42.5 Å². The first-order valence-electron chi connectivity index (χ1n) is 7.34. The zero-order valence-corrected chi connectivity index (χ0v) is 13.8. The summed E-state index contributed by atoms with van der Waals surface area (Å²) < 4.78 is 2.05. The molecule has 2 aromatic carbocycles. The van der Waals surface area contributed by atoms with Crippen LogP contribution < -0.4 is 5.32 Å². The zero-order valence-electron chi connectivity index (χ0n) is 12.9. The second-order valence-electron chi connectivity index (χ2n) is 5.24. The first-order valence-corrected chi connectivity index (χ1v) is 7.75. The van der Waals surface area contributed by atoms with E-state index < -0.39 is 5.91 Å². The number of carbonyl (C=O) groups is 2. The monoisotopic (exact) mass is 337 g/mol. The number of rotatable bonds is 4. The Balaban J connectivity index is 2.03. The molecule has 1 heterocycles. The zero-order chi connectivity index (χ0) is 17.1. The molecule has 0 spiro atoms. The Morgan fingerprint density at radius 2 is 1.75 bits per heavy atom. The van der Waals surface area contributed by atoms with Crippen LogP contribution in [0.3, 0.4) is 0 Å². The van der Waals surface area contributed by atoms with E-state index in [4.69, 9.17) is 12.2 Å². The van der Waals surface area contributed by atoms with Crippen LogP contribution in [0.4, 0.5) is 5.69 Å². The van der Waals surface area contributed by atoms with Crippen molar-refractivity contribution < 1.29 is 9.59 Å². The van der Waals surface area contributed by atoms with E-state index in [2.05, 4.69) is 10.3 Å². The molecule has 120 valence electrons. The van der Waals surface area contributed by atoms with Gasteiger partial charge in [0.15, 0.2) is 10.6 Å². The molecule has 3 rings (SSSR count). The van der Waals surface area contributed by atoms with Gasteiger partial charge in [0.2, 0.25) is 0 Å². The van der Waals surface area contributed by atoms with Crippen molar-refractivity contribution in [2.24, 2.45) is 0 Å².